The molecule has 1 amide bonds. The van der Waals surface area contributed by atoms with Crippen LogP contribution in [0.25, 0.3) is 0 Å². The molecule has 4 unspecified atom stereocenters. The number of hydrogen-bond acceptors (Lipinski definition) is 1. The fourth-order valence-corrected chi connectivity index (χ4v) is 3.56. The van der Waals surface area contributed by atoms with Crippen LogP contribution in [0.3, 0.4) is 0 Å². The highest BCUT2D eigenvalue weighted by atomic mass is 19.4. The Balaban J connectivity index is 1.88. The Morgan fingerprint density at radius 2 is 1.75 bits per heavy atom. The van der Waals surface area contributed by atoms with Gasteiger partial charge in [0.05, 0.1) is 5.92 Å². The molecular formula is C15H24F3NO. The fraction of sp³-hybridized carbons (Fsp3) is 0.933. The van der Waals surface area contributed by atoms with Crippen molar-refractivity contribution in [2.45, 2.75) is 70.5 Å². The zero-order valence-corrected chi connectivity index (χ0v) is 12.0. The van der Waals surface area contributed by atoms with Crippen molar-refractivity contribution in [3.05, 3.63) is 0 Å². The SMILES string of the molecule is CC1CCCCC1NC(=O)C1CCCC(C(F)(F)F)C1. The maximum absolute atomic E-state index is 12.8. The molecule has 2 rings (SSSR count). The van der Waals surface area contributed by atoms with Crippen LogP contribution in [0.5, 0.6) is 0 Å². The van der Waals surface area contributed by atoms with Crippen LogP contribution in [-0.4, -0.2) is 18.1 Å². The van der Waals surface area contributed by atoms with Crippen molar-refractivity contribution in [3.8, 4) is 0 Å². The van der Waals surface area contributed by atoms with E-state index in [2.05, 4.69) is 12.2 Å². The van der Waals surface area contributed by atoms with Crippen molar-refractivity contribution in [2.75, 3.05) is 0 Å². The predicted octanol–water partition coefficient (Wildman–Crippen LogP) is 4.05. The summed E-state index contributed by atoms with van der Waals surface area (Å²) in [6.45, 7) is 2.11. The molecule has 2 fully saturated rings. The Hall–Kier alpha value is -0.740. The van der Waals surface area contributed by atoms with Crippen LogP contribution >= 0.6 is 0 Å². The first-order chi connectivity index (χ1) is 9.38. The molecule has 0 spiro atoms. The summed E-state index contributed by atoms with van der Waals surface area (Å²) in [6.07, 6.45) is 1.43. The molecule has 20 heavy (non-hydrogen) atoms. The van der Waals surface area contributed by atoms with Crippen molar-refractivity contribution in [1.29, 1.82) is 0 Å². The van der Waals surface area contributed by atoms with Gasteiger partial charge in [-0.3, -0.25) is 4.79 Å². The Morgan fingerprint density at radius 1 is 1.05 bits per heavy atom. The fourth-order valence-electron chi connectivity index (χ4n) is 3.56. The molecule has 116 valence electrons. The van der Waals surface area contributed by atoms with Gasteiger partial charge < -0.3 is 5.32 Å². The van der Waals surface area contributed by atoms with Gasteiger partial charge in [-0.05, 0) is 38.0 Å². The molecule has 1 N–H and O–H groups in total. The molecule has 0 bridgehead atoms. The molecule has 0 aromatic rings. The monoisotopic (exact) mass is 291 g/mol. The third-order valence-electron chi connectivity index (χ3n) is 4.95. The van der Waals surface area contributed by atoms with Crippen LogP contribution in [-0.2, 0) is 4.79 Å². The molecule has 2 aliphatic rings. The Labute approximate surface area is 118 Å². The van der Waals surface area contributed by atoms with E-state index in [-0.39, 0.29) is 24.8 Å². The summed E-state index contributed by atoms with van der Waals surface area (Å²) in [7, 11) is 0. The second-order valence-electron chi connectivity index (χ2n) is 6.48. The number of carbonyl (C=O) groups is 1. The number of rotatable bonds is 2. The molecule has 0 aromatic carbocycles. The lowest BCUT2D eigenvalue weighted by Crippen LogP contribution is -2.45. The highest BCUT2D eigenvalue weighted by Crippen LogP contribution is 2.40. The third kappa shape index (κ3) is 3.89. The van der Waals surface area contributed by atoms with Gasteiger partial charge in [0.2, 0.25) is 5.91 Å². The second-order valence-corrected chi connectivity index (χ2v) is 6.48. The molecule has 0 aliphatic heterocycles. The van der Waals surface area contributed by atoms with Gasteiger partial charge in [-0.15, -0.1) is 0 Å². The summed E-state index contributed by atoms with van der Waals surface area (Å²) in [4.78, 5) is 12.2. The van der Waals surface area contributed by atoms with Crippen molar-refractivity contribution in [2.24, 2.45) is 17.8 Å². The topological polar surface area (TPSA) is 29.1 Å². The number of amides is 1. The van der Waals surface area contributed by atoms with E-state index >= 15 is 0 Å². The van der Waals surface area contributed by atoms with E-state index in [0.717, 1.165) is 19.3 Å². The lowest BCUT2D eigenvalue weighted by molar-refractivity contribution is -0.186. The minimum absolute atomic E-state index is 0.0313. The molecule has 0 aromatic heterocycles. The molecular weight excluding hydrogens is 267 g/mol. The zero-order valence-electron chi connectivity index (χ0n) is 12.0. The largest absolute Gasteiger partial charge is 0.391 e. The van der Waals surface area contributed by atoms with E-state index in [1.54, 1.807) is 0 Å². The summed E-state index contributed by atoms with van der Waals surface area (Å²) in [6, 6.07) is 0.155. The minimum Gasteiger partial charge on any atom is -0.353 e. The summed E-state index contributed by atoms with van der Waals surface area (Å²) in [5.74, 6) is -1.47. The molecule has 2 saturated carbocycles. The minimum atomic E-state index is -4.16. The highest BCUT2D eigenvalue weighted by Gasteiger charge is 2.43. The Morgan fingerprint density at radius 3 is 2.40 bits per heavy atom. The molecule has 2 nitrogen and oxygen atoms in total. The molecule has 4 atom stereocenters. The number of nitrogens with one attached hydrogen (secondary N) is 1. The number of hydrogen-bond donors (Lipinski definition) is 1. The van der Waals surface area contributed by atoms with Gasteiger partial charge in [-0.1, -0.05) is 26.2 Å². The predicted molar refractivity (Wildman–Crippen MR) is 71.1 cm³/mol. The second kappa shape index (κ2) is 6.35. The molecule has 2 aliphatic carbocycles. The quantitative estimate of drug-likeness (QED) is 0.817. The van der Waals surface area contributed by atoms with Gasteiger partial charge in [0, 0.05) is 12.0 Å². The van der Waals surface area contributed by atoms with Crippen LogP contribution in [0, 0.1) is 17.8 Å². The average molecular weight is 291 g/mol. The van der Waals surface area contributed by atoms with Gasteiger partial charge in [-0.2, -0.15) is 13.2 Å². The summed E-state index contributed by atoms with van der Waals surface area (Å²) < 4.78 is 38.3. The molecule has 5 heteroatoms. The van der Waals surface area contributed by atoms with Crippen LogP contribution in [0.15, 0.2) is 0 Å². The Bertz CT molecular complexity index is 343. The van der Waals surface area contributed by atoms with Gasteiger partial charge >= 0.3 is 6.18 Å². The first kappa shape index (κ1) is 15.6. The van der Waals surface area contributed by atoms with E-state index in [1.807, 2.05) is 0 Å². The first-order valence-corrected chi connectivity index (χ1v) is 7.75. The van der Waals surface area contributed by atoms with Crippen molar-refractivity contribution < 1.29 is 18.0 Å². The summed E-state index contributed by atoms with van der Waals surface area (Å²) in [5, 5.41) is 3.00. The smallest absolute Gasteiger partial charge is 0.353 e. The van der Waals surface area contributed by atoms with Crippen LogP contribution in [0.1, 0.15) is 58.3 Å². The average Bonchev–Trinajstić information content (AvgIpc) is 2.40. The summed E-state index contributed by atoms with van der Waals surface area (Å²) in [5.41, 5.74) is 0. The highest BCUT2D eigenvalue weighted by molar-refractivity contribution is 5.79. The lowest BCUT2D eigenvalue weighted by atomic mass is 9.79. The van der Waals surface area contributed by atoms with Gasteiger partial charge in [0.1, 0.15) is 0 Å². The Kier molecular flexibility index (Phi) is 4.97. The van der Waals surface area contributed by atoms with E-state index in [4.69, 9.17) is 0 Å². The van der Waals surface area contributed by atoms with E-state index in [9.17, 15) is 18.0 Å². The normalized spacial score (nSPS) is 35.6. The third-order valence-corrected chi connectivity index (χ3v) is 4.95. The van der Waals surface area contributed by atoms with Crippen LogP contribution < -0.4 is 5.32 Å². The van der Waals surface area contributed by atoms with Crippen molar-refractivity contribution >= 4 is 5.91 Å². The maximum atomic E-state index is 12.8. The number of carbonyl (C=O) groups excluding carboxylic acids is 1. The van der Waals surface area contributed by atoms with Crippen molar-refractivity contribution in [3.63, 3.8) is 0 Å². The molecule has 0 radical (unpaired) electrons. The van der Waals surface area contributed by atoms with Gasteiger partial charge in [0.25, 0.3) is 0 Å². The molecule has 0 heterocycles. The number of alkyl halides is 3. The zero-order chi connectivity index (χ0) is 14.8. The lowest BCUT2D eigenvalue weighted by Gasteiger charge is -2.34. The van der Waals surface area contributed by atoms with Gasteiger partial charge in [0.15, 0.2) is 0 Å². The van der Waals surface area contributed by atoms with Crippen LogP contribution in [0.2, 0.25) is 0 Å². The summed E-state index contributed by atoms with van der Waals surface area (Å²) >= 11 is 0. The van der Waals surface area contributed by atoms with E-state index in [1.165, 1.54) is 6.42 Å². The van der Waals surface area contributed by atoms with E-state index < -0.39 is 18.0 Å². The van der Waals surface area contributed by atoms with E-state index in [0.29, 0.717) is 18.8 Å². The molecule has 0 saturated heterocycles. The van der Waals surface area contributed by atoms with Gasteiger partial charge in [-0.25, -0.2) is 0 Å². The standard InChI is InChI=1S/C15H24F3NO/c1-10-5-2-3-8-13(10)19-14(20)11-6-4-7-12(9-11)15(16,17)18/h10-13H,2-9H2,1H3,(H,19,20). The maximum Gasteiger partial charge on any atom is 0.391 e. The first-order valence-electron chi connectivity index (χ1n) is 7.75. The number of halogens is 3. The van der Waals surface area contributed by atoms with Crippen molar-refractivity contribution in [1.82, 2.24) is 5.32 Å². The van der Waals surface area contributed by atoms with Crippen LogP contribution in [0.4, 0.5) is 13.2 Å².